The van der Waals surface area contributed by atoms with Gasteiger partial charge in [0, 0.05) is 26.2 Å². The van der Waals surface area contributed by atoms with Gasteiger partial charge in [-0.2, -0.15) is 0 Å². The van der Waals surface area contributed by atoms with Crippen molar-refractivity contribution in [2.24, 2.45) is 0 Å². The van der Waals surface area contributed by atoms with Gasteiger partial charge >= 0.3 is 0 Å². The van der Waals surface area contributed by atoms with Crippen LogP contribution in [0, 0.1) is 6.92 Å². The molecular weight excluding hydrogens is 346 g/mol. The largest absolute Gasteiger partial charge is 0.485 e. The molecule has 2 atom stereocenters. The summed E-state index contributed by atoms with van der Waals surface area (Å²) in [4.78, 5) is 14.8. The molecule has 0 fully saturated rings. The van der Waals surface area contributed by atoms with Crippen LogP contribution in [0.15, 0.2) is 84.1 Å². The molecule has 28 heavy (non-hydrogen) atoms. The summed E-state index contributed by atoms with van der Waals surface area (Å²) in [6, 6.07) is 16.2. The molecule has 1 aliphatic carbocycles. The van der Waals surface area contributed by atoms with E-state index in [1.807, 2.05) is 38.4 Å². The van der Waals surface area contributed by atoms with Crippen molar-refractivity contribution in [3.8, 4) is 5.75 Å². The molecule has 3 heteroatoms. The highest BCUT2D eigenvalue weighted by atomic mass is 16.5. The van der Waals surface area contributed by atoms with Crippen molar-refractivity contribution in [2.45, 2.75) is 25.4 Å². The highest BCUT2D eigenvalue weighted by Crippen LogP contribution is 2.41. The Morgan fingerprint density at radius 2 is 1.82 bits per heavy atom. The van der Waals surface area contributed by atoms with Crippen LogP contribution in [0.25, 0.3) is 0 Å². The molecule has 0 aromatic heterocycles. The number of nitrogens with zero attached hydrogens (tertiary/aromatic N) is 1. The molecule has 3 nitrogen and oxygen atoms in total. The molecule has 2 aromatic carbocycles. The van der Waals surface area contributed by atoms with Crippen molar-refractivity contribution < 1.29 is 9.53 Å². The number of ketones is 1. The minimum absolute atomic E-state index is 0.0658. The number of hydrogen-bond acceptors (Lipinski definition) is 3. The normalized spacial score (nSPS) is 22.5. The standard InChI is InChI=1S/C25H25NO2/c1-17-11-13-18(14-12-17)25-19(16-26(2)3)7-6-9-21(25)24-15-22(27)20-8-4-5-10-23(20)28-24/h4-14,16,24-25H,15H2,1-3H3/b19-16+. The second kappa shape index (κ2) is 7.51. The van der Waals surface area contributed by atoms with E-state index in [2.05, 4.69) is 60.5 Å². The van der Waals surface area contributed by atoms with Crippen molar-refractivity contribution >= 4 is 5.78 Å². The van der Waals surface area contributed by atoms with Crippen molar-refractivity contribution in [3.63, 3.8) is 0 Å². The van der Waals surface area contributed by atoms with Crippen molar-refractivity contribution in [2.75, 3.05) is 14.1 Å². The maximum Gasteiger partial charge on any atom is 0.170 e. The molecule has 2 aromatic rings. The average Bonchev–Trinajstić information content (AvgIpc) is 2.68. The fraction of sp³-hybridized carbons (Fsp3) is 0.240. The predicted molar refractivity (Wildman–Crippen MR) is 113 cm³/mol. The minimum atomic E-state index is -0.260. The highest BCUT2D eigenvalue weighted by Gasteiger charge is 2.34. The molecular formula is C25H25NO2. The van der Waals surface area contributed by atoms with Gasteiger partial charge in [-0.1, -0.05) is 60.2 Å². The molecule has 0 spiro atoms. The maximum atomic E-state index is 12.7. The van der Waals surface area contributed by atoms with E-state index < -0.39 is 0 Å². The summed E-state index contributed by atoms with van der Waals surface area (Å²) in [6.07, 6.45) is 8.57. The zero-order valence-corrected chi connectivity index (χ0v) is 16.6. The Morgan fingerprint density at radius 3 is 2.57 bits per heavy atom. The van der Waals surface area contributed by atoms with Crippen LogP contribution in [0.1, 0.15) is 33.8 Å². The van der Waals surface area contributed by atoms with Gasteiger partial charge in [0.1, 0.15) is 11.9 Å². The van der Waals surface area contributed by atoms with Gasteiger partial charge in [0.25, 0.3) is 0 Å². The molecule has 2 aliphatic rings. The van der Waals surface area contributed by atoms with Gasteiger partial charge in [-0.15, -0.1) is 0 Å². The second-order valence-corrected chi connectivity index (χ2v) is 7.69. The lowest BCUT2D eigenvalue weighted by molar-refractivity contribution is 0.0881. The van der Waals surface area contributed by atoms with Crippen molar-refractivity contribution in [1.29, 1.82) is 0 Å². The lowest BCUT2D eigenvalue weighted by atomic mass is 9.77. The summed E-state index contributed by atoms with van der Waals surface area (Å²) in [6.45, 7) is 2.09. The van der Waals surface area contributed by atoms with E-state index in [0.717, 1.165) is 5.57 Å². The second-order valence-electron chi connectivity index (χ2n) is 7.69. The minimum Gasteiger partial charge on any atom is -0.485 e. The van der Waals surface area contributed by atoms with E-state index >= 15 is 0 Å². The van der Waals surface area contributed by atoms with Gasteiger partial charge < -0.3 is 9.64 Å². The van der Waals surface area contributed by atoms with E-state index in [1.54, 1.807) is 0 Å². The zero-order chi connectivity index (χ0) is 19.7. The summed E-state index contributed by atoms with van der Waals surface area (Å²) in [5.74, 6) is 0.888. The number of rotatable bonds is 3. The third kappa shape index (κ3) is 3.53. The zero-order valence-electron chi connectivity index (χ0n) is 16.6. The number of ether oxygens (including phenoxy) is 1. The molecule has 0 saturated carbocycles. The fourth-order valence-corrected chi connectivity index (χ4v) is 3.97. The van der Waals surface area contributed by atoms with Gasteiger partial charge in [-0.3, -0.25) is 4.79 Å². The van der Waals surface area contributed by atoms with Crippen LogP contribution in [0.4, 0.5) is 0 Å². The number of benzene rings is 2. The summed E-state index contributed by atoms with van der Waals surface area (Å²) in [5.41, 5.74) is 5.45. The number of para-hydroxylation sites is 1. The first kappa shape index (κ1) is 18.3. The lowest BCUT2D eigenvalue weighted by Crippen LogP contribution is -2.32. The Kier molecular flexibility index (Phi) is 4.91. The van der Waals surface area contributed by atoms with Gasteiger partial charge in [0.05, 0.1) is 12.0 Å². The number of allylic oxidation sites excluding steroid dienone is 4. The quantitative estimate of drug-likeness (QED) is 0.756. The Labute approximate surface area is 166 Å². The van der Waals surface area contributed by atoms with E-state index in [-0.39, 0.29) is 17.8 Å². The molecule has 1 heterocycles. The van der Waals surface area contributed by atoms with E-state index in [9.17, 15) is 4.79 Å². The molecule has 0 bridgehead atoms. The summed E-state index contributed by atoms with van der Waals surface area (Å²) >= 11 is 0. The molecule has 4 rings (SSSR count). The van der Waals surface area contributed by atoms with Crippen molar-refractivity contribution in [1.82, 2.24) is 4.90 Å². The lowest BCUT2D eigenvalue weighted by Gasteiger charge is -2.34. The van der Waals surface area contributed by atoms with Crippen LogP contribution in [0.3, 0.4) is 0 Å². The third-order valence-corrected chi connectivity index (χ3v) is 5.26. The Balaban J connectivity index is 1.76. The summed E-state index contributed by atoms with van der Waals surface area (Å²) < 4.78 is 6.31. The third-order valence-electron chi connectivity index (χ3n) is 5.26. The van der Waals surface area contributed by atoms with Crippen LogP contribution in [-0.2, 0) is 0 Å². The monoisotopic (exact) mass is 371 g/mol. The number of aryl methyl sites for hydroxylation is 1. The summed E-state index contributed by atoms with van der Waals surface area (Å²) in [5, 5.41) is 0. The SMILES string of the molecule is Cc1ccc(C2C(C3CC(=O)c4ccccc4O3)=CC=C/C2=C\N(C)C)cc1. The Morgan fingerprint density at radius 1 is 1.07 bits per heavy atom. The predicted octanol–water partition coefficient (Wildman–Crippen LogP) is 5.05. The van der Waals surface area contributed by atoms with Gasteiger partial charge in [-0.25, -0.2) is 0 Å². The molecule has 0 saturated heterocycles. The van der Waals surface area contributed by atoms with Crippen LogP contribution in [-0.4, -0.2) is 30.9 Å². The highest BCUT2D eigenvalue weighted by molar-refractivity contribution is 6.00. The van der Waals surface area contributed by atoms with Crippen LogP contribution >= 0.6 is 0 Å². The average molecular weight is 371 g/mol. The number of fused-ring (bicyclic) bond motifs is 1. The van der Waals surface area contributed by atoms with Crippen LogP contribution in [0.5, 0.6) is 5.75 Å². The Bertz CT molecular complexity index is 980. The van der Waals surface area contributed by atoms with E-state index in [4.69, 9.17) is 4.74 Å². The van der Waals surface area contributed by atoms with E-state index in [1.165, 1.54) is 16.7 Å². The first-order valence-electron chi connectivity index (χ1n) is 9.64. The van der Waals surface area contributed by atoms with Crippen LogP contribution < -0.4 is 4.74 Å². The smallest absolute Gasteiger partial charge is 0.170 e. The molecule has 0 radical (unpaired) electrons. The first-order chi connectivity index (χ1) is 13.5. The molecule has 0 amide bonds. The topological polar surface area (TPSA) is 29.5 Å². The number of carbonyl (C=O) groups is 1. The molecule has 2 unspecified atom stereocenters. The number of Topliss-reactive ketones (excluding diaryl/α,β-unsaturated/α-hetero) is 1. The molecule has 1 aliphatic heterocycles. The van der Waals surface area contributed by atoms with Crippen molar-refractivity contribution in [3.05, 3.63) is 101 Å². The molecule has 0 N–H and O–H groups in total. The van der Waals surface area contributed by atoms with Crippen LogP contribution in [0.2, 0.25) is 0 Å². The summed E-state index contributed by atoms with van der Waals surface area (Å²) in [7, 11) is 4.06. The van der Waals surface area contributed by atoms with Gasteiger partial charge in [0.15, 0.2) is 5.78 Å². The van der Waals surface area contributed by atoms with Gasteiger partial charge in [0.2, 0.25) is 0 Å². The fourth-order valence-electron chi connectivity index (χ4n) is 3.97. The first-order valence-corrected chi connectivity index (χ1v) is 9.64. The number of carbonyl (C=O) groups excluding carboxylic acids is 1. The maximum absolute atomic E-state index is 12.7. The van der Waals surface area contributed by atoms with E-state index in [0.29, 0.717) is 17.7 Å². The molecule has 142 valence electrons. The van der Waals surface area contributed by atoms with Gasteiger partial charge in [-0.05, 0) is 35.8 Å². The number of hydrogen-bond donors (Lipinski definition) is 0. The Hall–Kier alpha value is -3.07.